The van der Waals surface area contributed by atoms with Gasteiger partial charge < -0.3 is 10.4 Å². The molecule has 3 rings (SSSR count). The minimum Gasteiger partial charge on any atom is -0.508 e. The van der Waals surface area contributed by atoms with Crippen molar-refractivity contribution in [3.8, 4) is 5.75 Å². The van der Waals surface area contributed by atoms with Crippen molar-refractivity contribution in [2.45, 2.75) is 31.8 Å². The number of aryl methyl sites for hydroxylation is 1. The van der Waals surface area contributed by atoms with Crippen LogP contribution >= 0.6 is 11.3 Å². The molecule has 0 saturated heterocycles. The minimum absolute atomic E-state index is 0.330. The summed E-state index contributed by atoms with van der Waals surface area (Å²) in [5, 5.41) is 15.1. The second-order valence-corrected chi connectivity index (χ2v) is 5.79. The van der Waals surface area contributed by atoms with E-state index in [0.29, 0.717) is 11.8 Å². The monoisotopic (exact) mass is 259 g/mol. The van der Waals surface area contributed by atoms with Crippen LogP contribution in [0.2, 0.25) is 0 Å². The van der Waals surface area contributed by atoms with E-state index in [0.717, 1.165) is 6.54 Å². The van der Waals surface area contributed by atoms with E-state index in [-0.39, 0.29) is 0 Å². The first-order valence-corrected chi connectivity index (χ1v) is 7.28. The van der Waals surface area contributed by atoms with Crippen molar-refractivity contribution in [2.75, 3.05) is 0 Å². The standard InChI is InChI=1S/C15H17NOS/c17-12-6-4-11(5-7-12)10-16-14-2-1-3-15-13(14)8-9-18-15/h4-9,14,16-17H,1-3,10H2. The highest BCUT2D eigenvalue weighted by molar-refractivity contribution is 7.10. The molecule has 0 saturated carbocycles. The summed E-state index contributed by atoms with van der Waals surface area (Å²) in [6, 6.07) is 10.2. The van der Waals surface area contributed by atoms with Crippen LogP contribution in [-0.4, -0.2) is 5.11 Å². The summed E-state index contributed by atoms with van der Waals surface area (Å²) >= 11 is 1.88. The van der Waals surface area contributed by atoms with E-state index in [9.17, 15) is 5.11 Å². The summed E-state index contributed by atoms with van der Waals surface area (Å²) < 4.78 is 0. The lowest BCUT2D eigenvalue weighted by Crippen LogP contribution is -2.23. The number of thiophene rings is 1. The second-order valence-electron chi connectivity index (χ2n) is 4.79. The summed E-state index contributed by atoms with van der Waals surface area (Å²) in [4.78, 5) is 1.55. The Morgan fingerprint density at radius 1 is 1.22 bits per heavy atom. The molecule has 0 fully saturated rings. The van der Waals surface area contributed by atoms with Crippen LogP contribution < -0.4 is 5.32 Å². The van der Waals surface area contributed by atoms with Gasteiger partial charge in [0.1, 0.15) is 5.75 Å². The third-order valence-corrected chi connectivity index (χ3v) is 4.54. The molecule has 1 aromatic carbocycles. The average Bonchev–Trinajstić information content (AvgIpc) is 2.87. The molecule has 94 valence electrons. The quantitative estimate of drug-likeness (QED) is 0.882. The highest BCUT2D eigenvalue weighted by atomic mass is 32.1. The van der Waals surface area contributed by atoms with E-state index in [1.54, 1.807) is 17.0 Å². The molecule has 0 radical (unpaired) electrons. The van der Waals surface area contributed by atoms with Gasteiger partial charge in [0.05, 0.1) is 0 Å². The van der Waals surface area contributed by atoms with Crippen molar-refractivity contribution in [3.05, 3.63) is 51.7 Å². The Morgan fingerprint density at radius 3 is 2.89 bits per heavy atom. The van der Waals surface area contributed by atoms with Gasteiger partial charge in [0, 0.05) is 17.5 Å². The number of nitrogens with one attached hydrogen (secondary N) is 1. The number of hydrogen-bond donors (Lipinski definition) is 2. The number of phenols is 1. The molecule has 18 heavy (non-hydrogen) atoms. The van der Waals surface area contributed by atoms with Gasteiger partial charge >= 0.3 is 0 Å². The number of rotatable bonds is 3. The number of aromatic hydroxyl groups is 1. The Labute approximate surface area is 111 Å². The highest BCUT2D eigenvalue weighted by Gasteiger charge is 2.20. The predicted octanol–water partition coefficient (Wildman–Crippen LogP) is 3.62. The molecule has 0 bridgehead atoms. The molecule has 2 N–H and O–H groups in total. The molecule has 1 aromatic heterocycles. The van der Waals surface area contributed by atoms with Crippen LogP contribution in [0.4, 0.5) is 0 Å². The Bertz CT molecular complexity index is 518. The first-order chi connectivity index (χ1) is 8.83. The van der Waals surface area contributed by atoms with Crippen LogP contribution in [0, 0.1) is 0 Å². The zero-order chi connectivity index (χ0) is 12.4. The average molecular weight is 259 g/mol. The van der Waals surface area contributed by atoms with Gasteiger partial charge in [0.2, 0.25) is 0 Å². The lowest BCUT2D eigenvalue weighted by molar-refractivity contribution is 0.461. The number of phenolic OH excluding ortho intramolecular Hbond substituents is 1. The fourth-order valence-corrected chi connectivity index (χ4v) is 3.54. The van der Waals surface area contributed by atoms with Crippen molar-refractivity contribution < 1.29 is 5.11 Å². The molecule has 2 aromatic rings. The molecule has 1 aliphatic carbocycles. The molecule has 1 unspecified atom stereocenters. The first kappa shape index (κ1) is 11.8. The molecule has 2 nitrogen and oxygen atoms in total. The Balaban J connectivity index is 1.66. The summed E-state index contributed by atoms with van der Waals surface area (Å²) in [7, 11) is 0. The van der Waals surface area contributed by atoms with E-state index in [4.69, 9.17) is 0 Å². The van der Waals surface area contributed by atoms with Crippen molar-refractivity contribution >= 4 is 11.3 Å². The summed E-state index contributed by atoms with van der Waals surface area (Å²) in [5.74, 6) is 0.330. The van der Waals surface area contributed by atoms with E-state index in [2.05, 4.69) is 16.8 Å². The largest absolute Gasteiger partial charge is 0.508 e. The van der Waals surface area contributed by atoms with Crippen molar-refractivity contribution in [1.29, 1.82) is 0 Å². The predicted molar refractivity (Wildman–Crippen MR) is 74.9 cm³/mol. The zero-order valence-electron chi connectivity index (χ0n) is 10.2. The minimum atomic E-state index is 0.330. The van der Waals surface area contributed by atoms with Crippen LogP contribution in [-0.2, 0) is 13.0 Å². The highest BCUT2D eigenvalue weighted by Crippen LogP contribution is 2.33. The normalized spacial score (nSPS) is 18.6. The van der Waals surface area contributed by atoms with E-state index in [1.807, 2.05) is 23.5 Å². The van der Waals surface area contributed by atoms with Gasteiger partial charge in [0.25, 0.3) is 0 Å². The van der Waals surface area contributed by atoms with Gasteiger partial charge in [-0.2, -0.15) is 0 Å². The second kappa shape index (κ2) is 5.12. The van der Waals surface area contributed by atoms with Crippen molar-refractivity contribution in [1.82, 2.24) is 5.32 Å². The van der Waals surface area contributed by atoms with Crippen molar-refractivity contribution in [2.24, 2.45) is 0 Å². The summed E-state index contributed by atoms with van der Waals surface area (Å²) in [6.07, 6.45) is 3.74. The van der Waals surface area contributed by atoms with Crippen LogP contribution in [0.15, 0.2) is 35.7 Å². The molecular formula is C15H17NOS. The van der Waals surface area contributed by atoms with Crippen LogP contribution in [0.3, 0.4) is 0 Å². The van der Waals surface area contributed by atoms with Crippen molar-refractivity contribution in [3.63, 3.8) is 0 Å². The number of benzene rings is 1. The van der Waals surface area contributed by atoms with Gasteiger partial charge in [-0.25, -0.2) is 0 Å². The molecule has 1 aliphatic rings. The lowest BCUT2D eigenvalue weighted by Gasteiger charge is -2.23. The molecule has 3 heteroatoms. The van der Waals surface area contributed by atoms with Crippen LogP contribution in [0.5, 0.6) is 5.75 Å². The fourth-order valence-electron chi connectivity index (χ4n) is 2.55. The van der Waals surface area contributed by atoms with Crippen LogP contribution in [0.25, 0.3) is 0 Å². The third kappa shape index (κ3) is 2.42. The Hall–Kier alpha value is -1.32. The van der Waals surface area contributed by atoms with Gasteiger partial charge in [-0.1, -0.05) is 12.1 Å². The Kier molecular flexibility index (Phi) is 3.35. The van der Waals surface area contributed by atoms with Crippen LogP contribution in [0.1, 0.15) is 34.9 Å². The van der Waals surface area contributed by atoms with E-state index < -0.39 is 0 Å². The summed E-state index contributed by atoms with van der Waals surface area (Å²) in [5.41, 5.74) is 2.71. The van der Waals surface area contributed by atoms with E-state index >= 15 is 0 Å². The molecular weight excluding hydrogens is 242 g/mol. The molecule has 0 aliphatic heterocycles. The van der Waals surface area contributed by atoms with Gasteiger partial charge in [-0.15, -0.1) is 11.3 Å². The van der Waals surface area contributed by atoms with Gasteiger partial charge in [0.15, 0.2) is 0 Å². The van der Waals surface area contributed by atoms with Gasteiger partial charge in [-0.05, 0) is 54.0 Å². The third-order valence-electron chi connectivity index (χ3n) is 3.54. The lowest BCUT2D eigenvalue weighted by atomic mass is 9.94. The maximum Gasteiger partial charge on any atom is 0.115 e. The summed E-state index contributed by atoms with van der Waals surface area (Å²) in [6.45, 7) is 0.861. The maximum absolute atomic E-state index is 9.26. The fraction of sp³-hybridized carbons (Fsp3) is 0.333. The molecule has 0 amide bonds. The molecule has 0 spiro atoms. The molecule has 1 atom stereocenters. The van der Waals surface area contributed by atoms with Gasteiger partial charge in [-0.3, -0.25) is 0 Å². The maximum atomic E-state index is 9.26. The number of fused-ring (bicyclic) bond motifs is 1. The molecule has 1 heterocycles. The number of hydrogen-bond acceptors (Lipinski definition) is 3. The van der Waals surface area contributed by atoms with E-state index in [1.165, 1.54) is 30.4 Å². The topological polar surface area (TPSA) is 32.3 Å². The smallest absolute Gasteiger partial charge is 0.115 e. The SMILES string of the molecule is Oc1ccc(CNC2CCCc3sccc32)cc1. The first-order valence-electron chi connectivity index (χ1n) is 6.40. The zero-order valence-corrected chi connectivity index (χ0v) is 11.0. The Morgan fingerprint density at radius 2 is 2.06 bits per heavy atom.